The molecule has 0 aromatic heterocycles. The van der Waals surface area contributed by atoms with Gasteiger partial charge in [-0.2, -0.15) is 0 Å². The molecule has 3 nitrogen and oxygen atoms in total. The van der Waals surface area contributed by atoms with E-state index >= 15 is 0 Å². The van der Waals surface area contributed by atoms with Crippen molar-refractivity contribution in [2.45, 2.75) is 33.1 Å². The lowest BCUT2D eigenvalue weighted by Crippen LogP contribution is -2.34. The number of anilines is 1. The second-order valence-corrected chi connectivity index (χ2v) is 5.86. The molecule has 23 heavy (non-hydrogen) atoms. The van der Waals surface area contributed by atoms with Gasteiger partial charge in [0.05, 0.1) is 0 Å². The maximum Gasteiger partial charge on any atom is 0.226 e. The number of thiocarbonyl (C=S) groups is 1. The molecule has 2 N–H and O–H groups in total. The van der Waals surface area contributed by atoms with Crippen LogP contribution in [-0.4, -0.2) is 11.0 Å². The van der Waals surface area contributed by atoms with Crippen LogP contribution in [-0.2, 0) is 17.6 Å². The zero-order valence-corrected chi connectivity index (χ0v) is 14.4. The van der Waals surface area contributed by atoms with Gasteiger partial charge in [-0.15, -0.1) is 0 Å². The van der Waals surface area contributed by atoms with Crippen LogP contribution in [0, 0.1) is 6.92 Å². The Kier molecular flexibility index (Phi) is 6.29. The Labute approximate surface area is 143 Å². The number of benzene rings is 2. The van der Waals surface area contributed by atoms with E-state index in [4.69, 9.17) is 12.2 Å². The normalized spacial score (nSPS) is 10.2. The minimum absolute atomic E-state index is 0.0713. The number of para-hydroxylation sites is 1. The minimum atomic E-state index is -0.0713. The van der Waals surface area contributed by atoms with Crippen molar-refractivity contribution in [2.24, 2.45) is 0 Å². The minimum Gasteiger partial charge on any atom is -0.332 e. The van der Waals surface area contributed by atoms with Crippen molar-refractivity contribution < 1.29 is 4.79 Å². The van der Waals surface area contributed by atoms with E-state index in [1.54, 1.807) is 0 Å². The molecule has 0 spiro atoms. The smallest absolute Gasteiger partial charge is 0.226 e. The molecule has 0 radical (unpaired) electrons. The summed E-state index contributed by atoms with van der Waals surface area (Å²) in [4.78, 5) is 12.0. The highest BCUT2D eigenvalue weighted by atomic mass is 32.1. The van der Waals surface area contributed by atoms with Gasteiger partial charge in [-0.25, -0.2) is 0 Å². The Morgan fingerprint density at radius 1 is 1.09 bits per heavy atom. The summed E-state index contributed by atoms with van der Waals surface area (Å²) in [6, 6.07) is 16.1. The monoisotopic (exact) mass is 326 g/mol. The maximum atomic E-state index is 12.0. The van der Waals surface area contributed by atoms with E-state index in [9.17, 15) is 4.79 Å². The lowest BCUT2D eigenvalue weighted by molar-refractivity contribution is -0.119. The van der Waals surface area contributed by atoms with Gasteiger partial charge in [0.1, 0.15) is 0 Å². The molecule has 0 fully saturated rings. The molecule has 0 saturated heterocycles. The standard InChI is InChI=1S/C19H22N2OS/c1-3-16-11-7-8-14(2)18(16)21-19(23)20-17(22)13-12-15-9-5-4-6-10-15/h4-11H,3,12-13H2,1-2H3,(H2,20,21,22,23). The first-order chi connectivity index (χ1) is 11.1. The lowest BCUT2D eigenvalue weighted by atomic mass is 10.1. The van der Waals surface area contributed by atoms with E-state index in [1.165, 1.54) is 5.56 Å². The number of hydrogen-bond acceptors (Lipinski definition) is 2. The molecule has 0 aliphatic rings. The quantitative estimate of drug-likeness (QED) is 0.816. The van der Waals surface area contributed by atoms with Crippen LogP contribution in [0.2, 0.25) is 0 Å². The topological polar surface area (TPSA) is 41.1 Å². The lowest BCUT2D eigenvalue weighted by Gasteiger charge is -2.15. The van der Waals surface area contributed by atoms with E-state index in [0.29, 0.717) is 18.0 Å². The highest BCUT2D eigenvalue weighted by Crippen LogP contribution is 2.20. The number of hydrogen-bond donors (Lipinski definition) is 2. The summed E-state index contributed by atoms with van der Waals surface area (Å²) >= 11 is 5.27. The van der Waals surface area contributed by atoms with E-state index in [0.717, 1.165) is 23.2 Å². The first-order valence-corrected chi connectivity index (χ1v) is 8.24. The number of carbonyl (C=O) groups excluding carboxylic acids is 1. The van der Waals surface area contributed by atoms with Gasteiger partial charge in [-0.05, 0) is 48.7 Å². The maximum absolute atomic E-state index is 12.0. The van der Waals surface area contributed by atoms with Crippen LogP contribution in [0.25, 0.3) is 0 Å². The molecule has 4 heteroatoms. The number of nitrogens with one attached hydrogen (secondary N) is 2. The van der Waals surface area contributed by atoms with Crippen molar-refractivity contribution >= 4 is 28.9 Å². The van der Waals surface area contributed by atoms with E-state index in [2.05, 4.69) is 23.6 Å². The van der Waals surface area contributed by atoms with Crippen molar-refractivity contribution in [2.75, 3.05) is 5.32 Å². The predicted octanol–water partition coefficient (Wildman–Crippen LogP) is 4.00. The van der Waals surface area contributed by atoms with Crippen molar-refractivity contribution in [1.82, 2.24) is 5.32 Å². The molecular weight excluding hydrogens is 304 g/mol. The van der Waals surface area contributed by atoms with Crippen LogP contribution in [0.15, 0.2) is 48.5 Å². The van der Waals surface area contributed by atoms with Gasteiger partial charge in [-0.1, -0.05) is 55.5 Å². The van der Waals surface area contributed by atoms with Gasteiger partial charge in [0.15, 0.2) is 5.11 Å². The molecular formula is C19H22N2OS. The van der Waals surface area contributed by atoms with Crippen LogP contribution >= 0.6 is 12.2 Å². The van der Waals surface area contributed by atoms with Gasteiger partial charge < -0.3 is 10.6 Å². The van der Waals surface area contributed by atoms with Gasteiger partial charge >= 0.3 is 0 Å². The Balaban J connectivity index is 1.88. The summed E-state index contributed by atoms with van der Waals surface area (Å²) in [6.45, 7) is 4.13. The third kappa shape index (κ3) is 5.18. The van der Waals surface area contributed by atoms with Gasteiger partial charge in [-0.3, -0.25) is 4.79 Å². The Hall–Kier alpha value is -2.20. The highest BCUT2D eigenvalue weighted by Gasteiger charge is 2.09. The zero-order valence-electron chi connectivity index (χ0n) is 13.6. The average Bonchev–Trinajstić information content (AvgIpc) is 2.55. The second kappa shape index (κ2) is 8.44. The number of aryl methyl sites for hydroxylation is 3. The fourth-order valence-electron chi connectivity index (χ4n) is 2.44. The molecule has 0 saturated carbocycles. The molecule has 0 unspecified atom stereocenters. The molecule has 0 aliphatic heterocycles. The molecule has 0 atom stereocenters. The van der Waals surface area contributed by atoms with E-state index < -0.39 is 0 Å². The van der Waals surface area contributed by atoms with Gasteiger partial charge in [0, 0.05) is 12.1 Å². The van der Waals surface area contributed by atoms with Crippen molar-refractivity contribution in [1.29, 1.82) is 0 Å². The van der Waals surface area contributed by atoms with E-state index in [-0.39, 0.29) is 5.91 Å². The summed E-state index contributed by atoms with van der Waals surface area (Å²) in [5.74, 6) is -0.0713. The SMILES string of the molecule is CCc1cccc(C)c1NC(=S)NC(=O)CCc1ccccc1. The summed E-state index contributed by atoms with van der Waals surface area (Å²) in [7, 11) is 0. The largest absolute Gasteiger partial charge is 0.332 e. The number of amides is 1. The first-order valence-electron chi connectivity index (χ1n) is 7.83. The second-order valence-electron chi connectivity index (χ2n) is 5.45. The highest BCUT2D eigenvalue weighted by molar-refractivity contribution is 7.80. The van der Waals surface area contributed by atoms with Crippen LogP contribution < -0.4 is 10.6 Å². The Bertz CT molecular complexity index is 683. The summed E-state index contributed by atoms with van der Waals surface area (Å²) < 4.78 is 0. The molecule has 2 rings (SSSR count). The van der Waals surface area contributed by atoms with Crippen molar-refractivity contribution in [3.8, 4) is 0 Å². The van der Waals surface area contributed by atoms with Crippen molar-refractivity contribution in [3.05, 3.63) is 65.2 Å². The number of carbonyl (C=O) groups is 1. The van der Waals surface area contributed by atoms with Crippen LogP contribution in [0.4, 0.5) is 5.69 Å². The summed E-state index contributed by atoms with van der Waals surface area (Å²) in [5, 5.41) is 6.27. The molecule has 1 amide bonds. The average molecular weight is 326 g/mol. The molecule has 0 bridgehead atoms. The first kappa shape index (κ1) is 17.2. The molecule has 120 valence electrons. The molecule has 2 aromatic carbocycles. The number of rotatable bonds is 5. The van der Waals surface area contributed by atoms with Crippen LogP contribution in [0.1, 0.15) is 30.0 Å². The molecule has 0 heterocycles. The Morgan fingerprint density at radius 2 is 1.83 bits per heavy atom. The van der Waals surface area contributed by atoms with Crippen LogP contribution in [0.5, 0.6) is 0 Å². The van der Waals surface area contributed by atoms with Crippen LogP contribution in [0.3, 0.4) is 0 Å². The molecule has 2 aromatic rings. The predicted molar refractivity (Wildman–Crippen MR) is 99.7 cm³/mol. The van der Waals surface area contributed by atoms with E-state index in [1.807, 2.05) is 49.4 Å². The van der Waals surface area contributed by atoms with Gasteiger partial charge in [0.2, 0.25) is 5.91 Å². The fraction of sp³-hybridized carbons (Fsp3) is 0.263. The third-order valence-electron chi connectivity index (χ3n) is 3.72. The molecule has 0 aliphatic carbocycles. The van der Waals surface area contributed by atoms with Crippen molar-refractivity contribution in [3.63, 3.8) is 0 Å². The third-order valence-corrected chi connectivity index (χ3v) is 3.92. The zero-order chi connectivity index (χ0) is 16.7. The summed E-state index contributed by atoms with van der Waals surface area (Å²) in [5.41, 5.74) is 4.44. The summed E-state index contributed by atoms with van der Waals surface area (Å²) in [6.07, 6.45) is 2.04. The van der Waals surface area contributed by atoms with Gasteiger partial charge in [0.25, 0.3) is 0 Å². The fourth-order valence-corrected chi connectivity index (χ4v) is 2.65. The Morgan fingerprint density at radius 3 is 2.52 bits per heavy atom.